The topological polar surface area (TPSA) is 39.2 Å². The highest BCUT2D eigenvalue weighted by Gasteiger charge is 2.28. The van der Waals surface area contributed by atoms with Crippen molar-refractivity contribution >= 4 is 5.97 Å². The van der Waals surface area contributed by atoms with Crippen molar-refractivity contribution in [2.45, 2.75) is 13.0 Å². The highest BCUT2D eigenvalue weighted by molar-refractivity contribution is 5.91. The van der Waals surface area contributed by atoms with Gasteiger partial charge in [0.05, 0.1) is 0 Å². The maximum absolute atomic E-state index is 11.0. The largest absolute Gasteiger partial charge is 0.453 e. The smallest absolute Gasteiger partial charge is 0.357 e. The summed E-state index contributed by atoms with van der Waals surface area (Å²) in [5.74, 6) is -0.312. The zero-order valence-electron chi connectivity index (χ0n) is 6.07. The van der Waals surface area contributed by atoms with Gasteiger partial charge in [-0.3, -0.25) is 0 Å². The van der Waals surface area contributed by atoms with Crippen molar-refractivity contribution in [3.05, 3.63) is 29.6 Å². The van der Waals surface area contributed by atoms with Gasteiger partial charge in [-0.2, -0.15) is 0 Å². The Kier molecular flexibility index (Phi) is 1.18. The molecule has 1 aliphatic heterocycles. The molecule has 1 aliphatic rings. The number of rotatable bonds is 0. The molecule has 2 rings (SSSR count). The molecular weight excluding hydrogens is 142 g/mol. The Bertz CT molecular complexity index is 309. The summed E-state index contributed by atoms with van der Waals surface area (Å²) < 4.78 is 4.93. The zero-order valence-corrected chi connectivity index (χ0v) is 6.07. The van der Waals surface area contributed by atoms with Gasteiger partial charge in [-0.05, 0) is 13.0 Å². The molecule has 0 aromatic carbocycles. The van der Waals surface area contributed by atoms with Crippen LogP contribution in [0.25, 0.3) is 0 Å². The number of carbonyl (C=O) groups is 1. The molecule has 0 saturated heterocycles. The maximum Gasteiger partial charge on any atom is 0.357 e. The Morgan fingerprint density at radius 2 is 2.45 bits per heavy atom. The van der Waals surface area contributed by atoms with Crippen molar-refractivity contribution in [1.82, 2.24) is 4.98 Å². The molecule has 3 heteroatoms. The number of carbonyl (C=O) groups excluding carboxylic acids is 1. The molecular formula is C8H7NO2. The molecule has 0 unspecified atom stereocenters. The predicted octanol–water partition coefficient (Wildman–Crippen LogP) is 1.31. The van der Waals surface area contributed by atoms with E-state index in [1.165, 1.54) is 0 Å². The molecule has 1 atom stereocenters. The van der Waals surface area contributed by atoms with E-state index in [-0.39, 0.29) is 12.1 Å². The summed E-state index contributed by atoms with van der Waals surface area (Å²) in [6.45, 7) is 1.84. The van der Waals surface area contributed by atoms with Crippen LogP contribution in [0, 0.1) is 0 Å². The number of cyclic esters (lactones) is 1. The van der Waals surface area contributed by atoms with E-state index in [2.05, 4.69) is 4.98 Å². The highest BCUT2D eigenvalue weighted by Crippen LogP contribution is 2.27. The first-order valence-electron chi connectivity index (χ1n) is 3.45. The Morgan fingerprint density at radius 3 is 3.18 bits per heavy atom. The van der Waals surface area contributed by atoms with Crippen LogP contribution in [0.2, 0.25) is 0 Å². The van der Waals surface area contributed by atoms with Crippen LogP contribution in [0.3, 0.4) is 0 Å². The first-order chi connectivity index (χ1) is 5.29. The summed E-state index contributed by atoms with van der Waals surface area (Å²) >= 11 is 0. The Hall–Kier alpha value is -1.38. The van der Waals surface area contributed by atoms with Crippen molar-refractivity contribution in [2.75, 3.05) is 0 Å². The van der Waals surface area contributed by atoms with Crippen LogP contribution in [0.15, 0.2) is 18.3 Å². The Balaban J connectivity index is 2.60. The molecule has 0 fully saturated rings. The fraction of sp³-hybridized carbons (Fsp3) is 0.250. The van der Waals surface area contributed by atoms with Crippen LogP contribution in [0.5, 0.6) is 0 Å². The van der Waals surface area contributed by atoms with Gasteiger partial charge in [-0.15, -0.1) is 0 Å². The van der Waals surface area contributed by atoms with E-state index >= 15 is 0 Å². The van der Waals surface area contributed by atoms with Gasteiger partial charge in [-0.1, -0.05) is 6.07 Å². The SMILES string of the molecule is C[C@@H]1OC(=O)c2ncccc21. The van der Waals surface area contributed by atoms with E-state index in [0.717, 1.165) is 5.56 Å². The van der Waals surface area contributed by atoms with Gasteiger partial charge in [0.25, 0.3) is 0 Å². The molecule has 0 N–H and O–H groups in total. The van der Waals surface area contributed by atoms with Gasteiger partial charge < -0.3 is 4.74 Å². The number of hydrogen-bond acceptors (Lipinski definition) is 3. The van der Waals surface area contributed by atoms with E-state index in [0.29, 0.717) is 5.69 Å². The Labute approximate surface area is 64.0 Å². The van der Waals surface area contributed by atoms with E-state index in [9.17, 15) is 4.79 Å². The fourth-order valence-electron chi connectivity index (χ4n) is 1.20. The molecule has 3 nitrogen and oxygen atoms in total. The lowest BCUT2D eigenvalue weighted by atomic mass is 10.1. The number of aromatic nitrogens is 1. The van der Waals surface area contributed by atoms with E-state index in [1.807, 2.05) is 13.0 Å². The van der Waals surface area contributed by atoms with Crippen LogP contribution in [-0.4, -0.2) is 11.0 Å². The summed E-state index contributed by atoms with van der Waals surface area (Å²) in [6, 6.07) is 3.66. The van der Waals surface area contributed by atoms with Crippen molar-refractivity contribution < 1.29 is 9.53 Å². The van der Waals surface area contributed by atoms with Gasteiger partial charge in [-0.25, -0.2) is 9.78 Å². The quantitative estimate of drug-likeness (QED) is 0.522. The lowest BCUT2D eigenvalue weighted by molar-refractivity contribution is 0.0418. The lowest BCUT2D eigenvalue weighted by Gasteiger charge is -1.99. The van der Waals surface area contributed by atoms with Crippen LogP contribution in [-0.2, 0) is 4.74 Å². The van der Waals surface area contributed by atoms with Crippen molar-refractivity contribution in [2.24, 2.45) is 0 Å². The number of hydrogen-bond donors (Lipinski definition) is 0. The van der Waals surface area contributed by atoms with Crippen LogP contribution >= 0.6 is 0 Å². The van der Waals surface area contributed by atoms with Gasteiger partial charge in [0.15, 0.2) is 5.69 Å². The average molecular weight is 149 g/mol. The molecule has 1 aromatic rings. The number of nitrogens with zero attached hydrogens (tertiary/aromatic N) is 1. The molecule has 0 bridgehead atoms. The molecule has 56 valence electrons. The second-order valence-corrected chi connectivity index (χ2v) is 2.49. The second-order valence-electron chi connectivity index (χ2n) is 2.49. The van der Waals surface area contributed by atoms with Crippen LogP contribution in [0.4, 0.5) is 0 Å². The Morgan fingerprint density at radius 1 is 1.64 bits per heavy atom. The van der Waals surface area contributed by atoms with E-state index in [1.54, 1.807) is 12.3 Å². The zero-order chi connectivity index (χ0) is 7.84. The summed E-state index contributed by atoms with van der Waals surface area (Å²) in [4.78, 5) is 14.9. The minimum atomic E-state index is -0.312. The molecule has 1 aromatic heterocycles. The normalized spacial score (nSPS) is 21.2. The summed E-state index contributed by atoms with van der Waals surface area (Å²) in [6.07, 6.45) is 1.46. The third-order valence-electron chi connectivity index (χ3n) is 1.75. The molecule has 11 heavy (non-hydrogen) atoms. The first kappa shape index (κ1) is 6.34. The molecule has 0 saturated carbocycles. The van der Waals surface area contributed by atoms with Crippen molar-refractivity contribution in [3.8, 4) is 0 Å². The third kappa shape index (κ3) is 0.808. The standard InChI is InChI=1S/C8H7NO2/c1-5-6-3-2-4-9-7(6)8(10)11-5/h2-5H,1H3/t5-/m0/s1. The van der Waals surface area contributed by atoms with Crippen LogP contribution in [0.1, 0.15) is 29.1 Å². The predicted molar refractivity (Wildman–Crippen MR) is 38.1 cm³/mol. The van der Waals surface area contributed by atoms with Gasteiger partial charge in [0.2, 0.25) is 0 Å². The number of fused-ring (bicyclic) bond motifs is 1. The summed E-state index contributed by atoms with van der Waals surface area (Å²) in [5.41, 5.74) is 1.34. The maximum atomic E-state index is 11.0. The monoisotopic (exact) mass is 149 g/mol. The van der Waals surface area contributed by atoms with E-state index < -0.39 is 0 Å². The average Bonchev–Trinajstić information content (AvgIpc) is 2.30. The van der Waals surface area contributed by atoms with Gasteiger partial charge in [0.1, 0.15) is 6.10 Å². The number of ether oxygens (including phenoxy) is 1. The fourth-order valence-corrected chi connectivity index (χ4v) is 1.20. The molecule has 0 spiro atoms. The van der Waals surface area contributed by atoms with E-state index in [4.69, 9.17) is 4.74 Å². The highest BCUT2D eigenvalue weighted by atomic mass is 16.5. The van der Waals surface area contributed by atoms with Crippen LogP contribution < -0.4 is 0 Å². The molecule has 0 amide bonds. The molecule has 0 aliphatic carbocycles. The minimum Gasteiger partial charge on any atom is -0.453 e. The minimum absolute atomic E-state index is 0.133. The molecule has 0 radical (unpaired) electrons. The van der Waals surface area contributed by atoms with Gasteiger partial charge in [0, 0.05) is 11.8 Å². The first-order valence-corrected chi connectivity index (χ1v) is 3.45. The lowest BCUT2D eigenvalue weighted by Crippen LogP contribution is -1.96. The number of esters is 1. The van der Waals surface area contributed by atoms with Gasteiger partial charge >= 0.3 is 5.97 Å². The third-order valence-corrected chi connectivity index (χ3v) is 1.75. The summed E-state index contributed by atoms with van der Waals surface area (Å²) in [5, 5.41) is 0. The number of pyridine rings is 1. The summed E-state index contributed by atoms with van der Waals surface area (Å²) in [7, 11) is 0. The van der Waals surface area contributed by atoms with Crippen molar-refractivity contribution in [1.29, 1.82) is 0 Å². The second kappa shape index (κ2) is 2.05. The van der Waals surface area contributed by atoms with Crippen molar-refractivity contribution in [3.63, 3.8) is 0 Å². The molecule has 2 heterocycles.